The molecule has 1 aromatic heterocycles. The summed E-state index contributed by atoms with van der Waals surface area (Å²) in [5.74, 6) is -0.106. The van der Waals surface area contributed by atoms with Crippen LogP contribution in [-0.2, 0) is 19.4 Å². The summed E-state index contributed by atoms with van der Waals surface area (Å²) in [5, 5.41) is 16.1. The minimum atomic E-state index is -3.15. The van der Waals surface area contributed by atoms with E-state index in [1.807, 2.05) is 0 Å². The van der Waals surface area contributed by atoms with Crippen molar-refractivity contribution in [2.24, 2.45) is 5.10 Å². The summed E-state index contributed by atoms with van der Waals surface area (Å²) in [5.41, 5.74) is 0.185. The number of rotatable bonds is 6. The van der Waals surface area contributed by atoms with E-state index >= 15 is 0 Å². The number of thioether (sulfide) groups is 1. The molecule has 1 atom stereocenters. The SMILES string of the molecule is C=CCSc1nnc(NC(=O)C2=NN(C3CCS(=O)(=O)C3)C(=O)CC2)s1. The Kier molecular flexibility index (Phi) is 5.73. The summed E-state index contributed by atoms with van der Waals surface area (Å²) >= 11 is 2.69. The average molecular weight is 416 g/mol. The average Bonchev–Trinajstić information content (AvgIpc) is 3.19. The molecule has 3 heterocycles. The van der Waals surface area contributed by atoms with Gasteiger partial charge in [0.15, 0.2) is 14.2 Å². The van der Waals surface area contributed by atoms with Gasteiger partial charge in [0.05, 0.1) is 17.5 Å². The Hall–Kier alpha value is -1.79. The molecule has 1 fully saturated rings. The lowest BCUT2D eigenvalue weighted by Gasteiger charge is -2.27. The second-order valence-corrected chi connectivity index (χ2v) is 10.2. The number of hydrogen-bond donors (Lipinski definition) is 1. The zero-order chi connectivity index (χ0) is 18.7. The molecule has 1 N–H and O–H groups in total. The minimum Gasteiger partial charge on any atom is -0.295 e. The van der Waals surface area contributed by atoms with Gasteiger partial charge in [-0.05, 0) is 6.42 Å². The second-order valence-electron chi connectivity index (χ2n) is 5.77. The fraction of sp³-hybridized carbons (Fsp3) is 0.500. The van der Waals surface area contributed by atoms with Gasteiger partial charge in [-0.25, -0.2) is 13.4 Å². The third-order valence-corrected chi connectivity index (χ3v) is 7.55. The first-order chi connectivity index (χ1) is 12.4. The van der Waals surface area contributed by atoms with Gasteiger partial charge in [-0.2, -0.15) is 5.10 Å². The lowest BCUT2D eigenvalue weighted by Crippen LogP contribution is -2.42. The van der Waals surface area contributed by atoms with E-state index < -0.39 is 21.8 Å². The molecule has 140 valence electrons. The highest BCUT2D eigenvalue weighted by atomic mass is 32.2. The number of anilines is 1. The molecule has 2 amide bonds. The van der Waals surface area contributed by atoms with Gasteiger partial charge in [0.1, 0.15) is 5.71 Å². The third kappa shape index (κ3) is 4.48. The monoisotopic (exact) mass is 415 g/mol. The van der Waals surface area contributed by atoms with Crippen molar-refractivity contribution in [1.82, 2.24) is 15.2 Å². The summed E-state index contributed by atoms with van der Waals surface area (Å²) in [7, 11) is -3.15. The zero-order valence-corrected chi connectivity index (χ0v) is 16.2. The number of sulfone groups is 1. The van der Waals surface area contributed by atoms with E-state index in [1.54, 1.807) is 6.08 Å². The van der Waals surface area contributed by atoms with Crippen molar-refractivity contribution < 1.29 is 18.0 Å². The van der Waals surface area contributed by atoms with Crippen LogP contribution < -0.4 is 5.32 Å². The topological polar surface area (TPSA) is 122 Å². The number of nitrogens with one attached hydrogen (secondary N) is 1. The van der Waals surface area contributed by atoms with Crippen LogP contribution in [0, 0.1) is 0 Å². The number of amides is 2. The van der Waals surface area contributed by atoms with Gasteiger partial charge in [-0.3, -0.25) is 14.9 Å². The molecule has 1 aromatic rings. The number of nitrogens with zero attached hydrogens (tertiary/aromatic N) is 4. The van der Waals surface area contributed by atoms with Crippen LogP contribution in [0.5, 0.6) is 0 Å². The lowest BCUT2D eigenvalue weighted by molar-refractivity contribution is -0.133. The smallest absolute Gasteiger partial charge is 0.273 e. The van der Waals surface area contributed by atoms with Crippen LogP contribution in [0.3, 0.4) is 0 Å². The van der Waals surface area contributed by atoms with E-state index in [0.717, 1.165) is 5.01 Å². The number of aromatic nitrogens is 2. The van der Waals surface area contributed by atoms with Crippen LogP contribution in [-0.4, -0.2) is 64.5 Å². The van der Waals surface area contributed by atoms with E-state index in [4.69, 9.17) is 0 Å². The Morgan fingerprint density at radius 2 is 2.23 bits per heavy atom. The fourth-order valence-electron chi connectivity index (χ4n) is 2.61. The standard InChI is InChI=1S/C14H17N5O4S3/c1-2-6-24-14-17-16-13(25-14)15-12(21)10-3-4-11(20)19(18-10)9-5-7-26(22,23)8-9/h2,9H,1,3-8H2,(H,15,16,21). The largest absolute Gasteiger partial charge is 0.295 e. The van der Waals surface area contributed by atoms with Gasteiger partial charge < -0.3 is 0 Å². The molecular weight excluding hydrogens is 398 g/mol. The molecule has 0 saturated carbocycles. The zero-order valence-electron chi connectivity index (χ0n) is 13.8. The summed E-state index contributed by atoms with van der Waals surface area (Å²) in [6.45, 7) is 3.63. The number of carbonyl (C=O) groups excluding carboxylic acids is 2. The number of hydrazone groups is 1. The molecule has 0 spiro atoms. The molecule has 1 unspecified atom stereocenters. The van der Waals surface area contributed by atoms with Gasteiger partial charge in [0.2, 0.25) is 11.0 Å². The van der Waals surface area contributed by atoms with Crippen molar-refractivity contribution in [2.45, 2.75) is 29.6 Å². The van der Waals surface area contributed by atoms with Crippen molar-refractivity contribution >= 4 is 55.6 Å². The van der Waals surface area contributed by atoms with Crippen molar-refractivity contribution in [1.29, 1.82) is 0 Å². The first-order valence-corrected chi connectivity index (χ1v) is 11.5. The van der Waals surface area contributed by atoms with E-state index in [-0.39, 0.29) is 36.0 Å². The first-order valence-electron chi connectivity index (χ1n) is 7.86. The maximum atomic E-state index is 12.4. The molecule has 26 heavy (non-hydrogen) atoms. The highest BCUT2D eigenvalue weighted by molar-refractivity contribution is 8.01. The predicted molar refractivity (Wildman–Crippen MR) is 100 cm³/mol. The quantitative estimate of drug-likeness (QED) is 0.416. The molecular formula is C14H17N5O4S3. The number of hydrogen-bond acceptors (Lipinski definition) is 9. The Morgan fingerprint density at radius 3 is 2.92 bits per heavy atom. The molecule has 0 aromatic carbocycles. The van der Waals surface area contributed by atoms with Crippen molar-refractivity contribution in [3.05, 3.63) is 12.7 Å². The Labute approximate surface area is 158 Å². The van der Waals surface area contributed by atoms with E-state index in [2.05, 4.69) is 27.2 Å². The van der Waals surface area contributed by atoms with Crippen LogP contribution >= 0.6 is 23.1 Å². The van der Waals surface area contributed by atoms with E-state index in [0.29, 0.717) is 21.6 Å². The van der Waals surface area contributed by atoms with E-state index in [1.165, 1.54) is 23.1 Å². The minimum absolute atomic E-state index is 0.0361. The molecule has 0 radical (unpaired) electrons. The molecule has 1 saturated heterocycles. The van der Waals surface area contributed by atoms with Crippen LogP contribution in [0.25, 0.3) is 0 Å². The highest BCUT2D eigenvalue weighted by Crippen LogP contribution is 2.26. The van der Waals surface area contributed by atoms with Gasteiger partial charge >= 0.3 is 0 Å². The molecule has 0 aliphatic carbocycles. The Balaban J connectivity index is 1.68. The fourth-order valence-corrected chi connectivity index (χ4v) is 5.81. The highest BCUT2D eigenvalue weighted by Gasteiger charge is 2.37. The molecule has 2 aliphatic heterocycles. The van der Waals surface area contributed by atoms with Gasteiger partial charge in [-0.15, -0.1) is 16.8 Å². The Bertz CT molecular complexity index is 864. The van der Waals surface area contributed by atoms with Crippen molar-refractivity contribution in [3.63, 3.8) is 0 Å². The molecule has 0 bridgehead atoms. The number of carbonyl (C=O) groups is 2. The summed E-state index contributed by atoms with van der Waals surface area (Å²) in [4.78, 5) is 24.5. The van der Waals surface area contributed by atoms with Gasteiger partial charge in [0, 0.05) is 18.6 Å². The maximum Gasteiger partial charge on any atom is 0.273 e. The predicted octanol–water partition coefficient (Wildman–Crippen LogP) is 0.920. The molecule has 9 nitrogen and oxygen atoms in total. The van der Waals surface area contributed by atoms with Gasteiger partial charge in [0.25, 0.3) is 5.91 Å². The van der Waals surface area contributed by atoms with Crippen LogP contribution in [0.2, 0.25) is 0 Å². The normalized spacial score (nSPS) is 22.2. The van der Waals surface area contributed by atoms with Crippen LogP contribution in [0.4, 0.5) is 5.13 Å². The Morgan fingerprint density at radius 1 is 1.42 bits per heavy atom. The van der Waals surface area contributed by atoms with Crippen LogP contribution in [0.15, 0.2) is 22.1 Å². The summed E-state index contributed by atoms with van der Waals surface area (Å²) < 4.78 is 24.0. The molecule has 2 aliphatic rings. The van der Waals surface area contributed by atoms with Crippen LogP contribution in [0.1, 0.15) is 19.3 Å². The summed E-state index contributed by atoms with van der Waals surface area (Å²) in [6.07, 6.45) is 2.42. The summed E-state index contributed by atoms with van der Waals surface area (Å²) in [6, 6.07) is -0.501. The maximum absolute atomic E-state index is 12.4. The van der Waals surface area contributed by atoms with Crippen molar-refractivity contribution in [2.75, 3.05) is 22.6 Å². The van der Waals surface area contributed by atoms with E-state index in [9.17, 15) is 18.0 Å². The van der Waals surface area contributed by atoms with Gasteiger partial charge in [-0.1, -0.05) is 29.2 Å². The molecule has 12 heteroatoms. The van der Waals surface area contributed by atoms with Crippen molar-refractivity contribution in [3.8, 4) is 0 Å². The first kappa shape index (κ1) is 19.0. The third-order valence-electron chi connectivity index (χ3n) is 3.83. The lowest BCUT2D eigenvalue weighted by atomic mass is 10.1. The second kappa shape index (κ2) is 7.84. The molecule has 3 rings (SSSR count).